The van der Waals surface area contributed by atoms with E-state index in [0.29, 0.717) is 5.95 Å². The molecule has 3 nitrogen and oxygen atoms in total. The van der Waals surface area contributed by atoms with Gasteiger partial charge in [-0.05, 0) is 41.5 Å². The molecule has 6 aromatic carbocycles. The Morgan fingerprint density at radius 3 is 1.89 bits per heavy atom. The van der Waals surface area contributed by atoms with Crippen LogP contribution in [0.4, 0.5) is 0 Å². The Morgan fingerprint density at radius 1 is 0.422 bits per heavy atom. The molecule has 0 saturated carbocycles. The SMILES string of the molecule is c1ccc(-c2ccc(-c3nc(-n4c5ccccc5c5cc6sc7ccccc7c6cc54)nc4c3sc3ccccc34)cc2)cc1. The van der Waals surface area contributed by atoms with Gasteiger partial charge in [-0.1, -0.05) is 109 Å². The molecule has 0 radical (unpaired) electrons. The average Bonchev–Trinajstić information content (AvgIpc) is 3.76. The van der Waals surface area contributed by atoms with Gasteiger partial charge < -0.3 is 0 Å². The van der Waals surface area contributed by atoms with Crippen LogP contribution in [-0.2, 0) is 0 Å². The van der Waals surface area contributed by atoms with Crippen molar-refractivity contribution in [3.05, 3.63) is 140 Å². The van der Waals surface area contributed by atoms with Crippen LogP contribution in [0.15, 0.2) is 140 Å². The number of thiophene rings is 2. The van der Waals surface area contributed by atoms with Gasteiger partial charge in [0.15, 0.2) is 0 Å². The molecule has 0 fully saturated rings. The van der Waals surface area contributed by atoms with Crippen molar-refractivity contribution in [3.63, 3.8) is 0 Å². The van der Waals surface area contributed by atoms with E-state index >= 15 is 0 Å². The second kappa shape index (κ2) is 9.57. The number of para-hydroxylation sites is 1. The van der Waals surface area contributed by atoms with E-state index in [4.69, 9.17) is 9.97 Å². The number of hydrogen-bond acceptors (Lipinski definition) is 4. The van der Waals surface area contributed by atoms with Crippen LogP contribution in [0.1, 0.15) is 0 Å². The van der Waals surface area contributed by atoms with Crippen molar-refractivity contribution in [3.8, 4) is 28.3 Å². The lowest BCUT2D eigenvalue weighted by atomic mass is 10.0. The molecule has 210 valence electrons. The van der Waals surface area contributed by atoms with Crippen LogP contribution in [-0.4, -0.2) is 14.5 Å². The first-order valence-corrected chi connectivity index (χ1v) is 16.6. The van der Waals surface area contributed by atoms with Crippen LogP contribution in [0.25, 0.3) is 90.6 Å². The number of benzene rings is 6. The summed E-state index contributed by atoms with van der Waals surface area (Å²) < 4.78 is 7.20. The summed E-state index contributed by atoms with van der Waals surface area (Å²) in [6, 6.07) is 49.9. The molecule has 0 atom stereocenters. The number of aromatic nitrogens is 3. The van der Waals surface area contributed by atoms with Crippen molar-refractivity contribution in [2.75, 3.05) is 0 Å². The van der Waals surface area contributed by atoms with E-state index in [2.05, 4.69) is 144 Å². The van der Waals surface area contributed by atoms with Gasteiger partial charge in [0, 0.05) is 46.6 Å². The van der Waals surface area contributed by atoms with Gasteiger partial charge in [0.25, 0.3) is 0 Å². The minimum absolute atomic E-state index is 0.693. The van der Waals surface area contributed by atoms with Gasteiger partial charge in [0.2, 0.25) is 5.95 Å². The molecule has 0 aliphatic heterocycles. The molecule has 0 aliphatic carbocycles. The topological polar surface area (TPSA) is 30.7 Å². The quantitative estimate of drug-likeness (QED) is 0.199. The molecule has 10 aromatic rings. The molecule has 45 heavy (non-hydrogen) atoms. The van der Waals surface area contributed by atoms with E-state index in [1.165, 1.54) is 46.8 Å². The highest BCUT2D eigenvalue weighted by atomic mass is 32.1. The Hall–Kier alpha value is -5.36. The molecular formula is C40H23N3S2. The summed E-state index contributed by atoms with van der Waals surface area (Å²) in [6.07, 6.45) is 0. The fourth-order valence-corrected chi connectivity index (χ4v) is 9.01. The predicted molar refractivity (Wildman–Crippen MR) is 193 cm³/mol. The largest absolute Gasteiger partial charge is 0.278 e. The van der Waals surface area contributed by atoms with Crippen LogP contribution in [0.5, 0.6) is 0 Å². The highest BCUT2D eigenvalue weighted by Crippen LogP contribution is 2.42. The summed E-state index contributed by atoms with van der Waals surface area (Å²) in [5.74, 6) is 0.693. The van der Waals surface area contributed by atoms with Crippen molar-refractivity contribution < 1.29 is 0 Å². The first kappa shape index (κ1) is 25.0. The summed E-state index contributed by atoms with van der Waals surface area (Å²) in [6.45, 7) is 0. The van der Waals surface area contributed by atoms with Crippen molar-refractivity contribution in [1.29, 1.82) is 0 Å². The van der Waals surface area contributed by atoms with E-state index in [0.717, 1.165) is 37.9 Å². The minimum Gasteiger partial charge on any atom is -0.278 e. The van der Waals surface area contributed by atoms with E-state index in [1.807, 2.05) is 11.3 Å². The van der Waals surface area contributed by atoms with Crippen LogP contribution in [0, 0.1) is 0 Å². The fraction of sp³-hybridized carbons (Fsp3) is 0. The zero-order chi connectivity index (χ0) is 29.5. The molecule has 0 spiro atoms. The molecule has 0 unspecified atom stereocenters. The Labute approximate surface area is 266 Å². The van der Waals surface area contributed by atoms with Crippen LogP contribution in [0.2, 0.25) is 0 Å². The van der Waals surface area contributed by atoms with E-state index < -0.39 is 0 Å². The lowest BCUT2D eigenvalue weighted by Crippen LogP contribution is -2.02. The van der Waals surface area contributed by atoms with E-state index in [-0.39, 0.29) is 0 Å². The molecule has 0 aliphatic rings. The van der Waals surface area contributed by atoms with Crippen molar-refractivity contribution in [2.45, 2.75) is 0 Å². The zero-order valence-electron chi connectivity index (χ0n) is 23.9. The van der Waals surface area contributed by atoms with Crippen LogP contribution in [0.3, 0.4) is 0 Å². The summed E-state index contributed by atoms with van der Waals surface area (Å²) in [4.78, 5) is 10.8. The summed E-state index contributed by atoms with van der Waals surface area (Å²) >= 11 is 3.62. The summed E-state index contributed by atoms with van der Waals surface area (Å²) in [5, 5.41) is 6.15. The monoisotopic (exact) mass is 609 g/mol. The maximum absolute atomic E-state index is 5.41. The third-order valence-corrected chi connectivity index (χ3v) is 11.1. The Bertz CT molecular complexity index is 2750. The van der Waals surface area contributed by atoms with Gasteiger partial charge in [0.05, 0.1) is 26.9 Å². The van der Waals surface area contributed by atoms with Crippen LogP contribution < -0.4 is 0 Å². The minimum atomic E-state index is 0.693. The highest BCUT2D eigenvalue weighted by Gasteiger charge is 2.21. The zero-order valence-corrected chi connectivity index (χ0v) is 25.6. The van der Waals surface area contributed by atoms with Gasteiger partial charge >= 0.3 is 0 Å². The standard InChI is InChI=1S/C40H23N3S2/c1-2-10-24(11-3-1)25-18-20-26(21-19-25)37-39-38(29-14-6-9-17-35(29)45-39)42-40(41-37)43-32-15-7-4-12-27(32)30-23-36-31(22-33(30)43)28-13-5-8-16-34(28)44-36/h1-23H. The average molecular weight is 610 g/mol. The molecule has 5 heteroatoms. The first-order valence-electron chi connectivity index (χ1n) is 15.0. The second-order valence-corrected chi connectivity index (χ2v) is 13.5. The van der Waals surface area contributed by atoms with Crippen molar-refractivity contribution in [1.82, 2.24) is 14.5 Å². The number of hydrogen-bond donors (Lipinski definition) is 0. The molecule has 4 heterocycles. The predicted octanol–water partition coefficient (Wildman–Crippen LogP) is 11.6. The number of fused-ring (bicyclic) bond motifs is 9. The van der Waals surface area contributed by atoms with E-state index in [9.17, 15) is 0 Å². The third-order valence-electron chi connectivity index (χ3n) is 8.84. The lowest BCUT2D eigenvalue weighted by molar-refractivity contribution is 1.02. The van der Waals surface area contributed by atoms with Crippen LogP contribution >= 0.6 is 22.7 Å². The van der Waals surface area contributed by atoms with Crippen molar-refractivity contribution in [2.24, 2.45) is 0 Å². The van der Waals surface area contributed by atoms with Gasteiger partial charge in [-0.25, -0.2) is 9.97 Å². The molecule has 10 rings (SSSR count). The summed E-state index contributed by atoms with van der Waals surface area (Å²) in [7, 11) is 0. The van der Waals surface area contributed by atoms with Gasteiger partial charge in [-0.2, -0.15) is 0 Å². The summed E-state index contributed by atoms with van der Waals surface area (Å²) in [5.41, 5.74) is 7.67. The Kier molecular flexibility index (Phi) is 5.32. The third kappa shape index (κ3) is 3.75. The molecule has 0 amide bonds. The van der Waals surface area contributed by atoms with Gasteiger partial charge in [-0.15, -0.1) is 22.7 Å². The fourth-order valence-electron chi connectivity index (χ4n) is 6.73. The molecular weight excluding hydrogens is 587 g/mol. The second-order valence-electron chi connectivity index (χ2n) is 11.4. The molecule has 0 N–H and O–H groups in total. The Balaban J connectivity index is 1.29. The molecule has 0 bridgehead atoms. The van der Waals surface area contributed by atoms with Crippen molar-refractivity contribution >= 4 is 85.0 Å². The maximum atomic E-state index is 5.41. The van der Waals surface area contributed by atoms with Gasteiger partial charge in [0.1, 0.15) is 0 Å². The first-order chi connectivity index (χ1) is 22.3. The molecule has 4 aromatic heterocycles. The Morgan fingerprint density at radius 2 is 1.07 bits per heavy atom. The number of rotatable bonds is 3. The normalized spacial score (nSPS) is 12.0. The lowest BCUT2D eigenvalue weighted by Gasteiger charge is -2.11. The maximum Gasteiger partial charge on any atom is 0.235 e. The van der Waals surface area contributed by atoms with Gasteiger partial charge in [-0.3, -0.25) is 4.57 Å². The molecule has 0 saturated heterocycles. The smallest absolute Gasteiger partial charge is 0.235 e. The van der Waals surface area contributed by atoms with E-state index in [1.54, 1.807) is 11.3 Å². The number of nitrogens with zero attached hydrogens (tertiary/aromatic N) is 3. The highest BCUT2D eigenvalue weighted by molar-refractivity contribution is 7.26.